The highest BCUT2D eigenvalue weighted by molar-refractivity contribution is 5.85. The Morgan fingerprint density at radius 2 is 2.08 bits per heavy atom. The van der Waals surface area contributed by atoms with Gasteiger partial charge in [-0.1, -0.05) is 0 Å². The van der Waals surface area contributed by atoms with Crippen LogP contribution in [-0.2, 0) is 16.1 Å². The Bertz CT molecular complexity index is 606. The number of rotatable bonds is 6. The van der Waals surface area contributed by atoms with E-state index in [9.17, 15) is 9.90 Å². The van der Waals surface area contributed by atoms with Crippen molar-refractivity contribution >= 4 is 5.91 Å². The molecule has 1 aromatic rings. The standard InChI is InChI=1S/C18H28N4O3/c19-5-10-25-15-11-14(23)18(15)3-7-22(8-4-18)16(24)17(1-2-17)12-21-9-6-20-13-21/h6,9,13-15,23H,1-5,7-8,10-12,19H2/t14-,15+/m0/s1. The van der Waals surface area contributed by atoms with E-state index in [-0.39, 0.29) is 28.9 Å². The molecular weight excluding hydrogens is 320 g/mol. The topological polar surface area (TPSA) is 93.6 Å². The van der Waals surface area contributed by atoms with Gasteiger partial charge < -0.3 is 25.0 Å². The first kappa shape index (κ1) is 17.0. The van der Waals surface area contributed by atoms with Crippen molar-refractivity contribution in [3.05, 3.63) is 18.7 Å². The highest BCUT2D eigenvalue weighted by Gasteiger charge is 2.58. The number of carbonyl (C=O) groups excluding carboxylic acids is 1. The second-order valence-electron chi connectivity index (χ2n) is 7.94. The monoisotopic (exact) mass is 348 g/mol. The molecule has 3 aliphatic rings. The molecule has 3 N–H and O–H groups in total. The first-order chi connectivity index (χ1) is 12.1. The quantitative estimate of drug-likeness (QED) is 0.775. The molecule has 2 heterocycles. The van der Waals surface area contributed by atoms with Crippen LogP contribution in [0.4, 0.5) is 0 Å². The summed E-state index contributed by atoms with van der Waals surface area (Å²) in [4.78, 5) is 19.1. The number of piperidine rings is 1. The fourth-order valence-electron chi connectivity index (χ4n) is 4.61. The van der Waals surface area contributed by atoms with E-state index in [4.69, 9.17) is 10.5 Å². The van der Waals surface area contributed by atoms with Gasteiger partial charge in [-0.2, -0.15) is 0 Å². The number of amides is 1. The molecule has 7 nitrogen and oxygen atoms in total. The van der Waals surface area contributed by atoms with Crippen LogP contribution < -0.4 is 5.73 Å². The van der Waals surface area contributed by atoms with Crippen LogP contribution in [0.5, 0.6) is 0 Å². The van der Waals surface area contributed by atoms with Crippen molar-refractivity contribution in [2.75, 3.05) is 26.2 Å². The molecule has 0 aromatic carbocycles. The van der Waals surface area contributed by atoms with E-state index in [1.807, 2.05) is 15.7 Å². The van der Waals surface area contributed by atoms with Crippen LogP contribution in [-0.4, -0.2) is 63.9 Å². The lowest BCUT2D eigenvalue weighted by atomic mass is 9.58. The summed E-state index contributed by atoms with van der Waals surface area (Å²) < 4.78 is 7.84. The molecule has 2 aliphatic carbocycles. The lowest BCUT2D eigenvalue weighted by Crippen LogP contribution is -2.63. The Labute approximate surface area is 148 Å². The molecule has 1 aromatic heterocycles. The molecular formula is C18H28N4O3. The second-order valence-corrected chi connectivity index (χ2v) is 7.94. The maximum absolute atomic E-state index is 13.0. The highest BCUT2D eigenvalue weighted by Crippen LogP contribution is 2.53. The average molecular weight is 348 g/mol. The van der Waals surface area contributed by atoms with Gasteiger partial charge >= 0.3 is 0 Å². The first-order valence-electron chi connectivity index (χ1n) is 9.34. The second kappa shape index (κ2) is 6.37. The van der Waals surface area contributed by atoms with Gasteiger partial charge in [-0.05, 0) is 25.7 Å². The maximum atomic E-state index is 13.0. The van der Waals surface area contributed by atoms with Crippen molar-refractivity contribution < 1.29 is 14.6 Å². The third-order valence-corrected chi connectivity index (χ3v) is 6.51. The van der Waals surface area contributed by atoms with Crippen molar-refractivity contribution in [1.29, 1.82) is 0 Å². The van der Waals surface area contributed by atoms with Crippen LogP contribution in [0.1, 0.15) is 32.1 Å². The van der Waals surface area contributed by atoms with Crippen LogP contribution in [0.15, 0.2) is 18.7 Å². The lowest BCUT2D eigenvalue weighted by Gasteiger charge is -2.56. The first-order valence-corrected chi connectivity index (χ1v) is 9.34. The lowest BCUT2D eigenvalue weighted by molar-refractivity contribution is -0.211. The van der Waals surface area contributed by atoms with Gasteiger partial charge in [0.25, 0.3) is 0 Å². The molecule has 2 saturated carbocycles. The molecule has 138 valence electrons. The van der Waals surface area contributed by atoms with E-state index >= 15 is 0 Å². The number of nitrogens with two attached hydrogens (primary N) is 1. The molecule has 2 atom stereocenters. The zero-order valence-corrected chi connectivity index (χ0v) is 14.6. The van der Waals surface area contributed by atoms with Gasteiger partial charge in [-0.15, -0.1) is 0 Å². The van der Waals surface area contributed by atoms with Gasteiger partial charge in [0, 0.05) is 50.4 Å². The van der Waals surface area contributed by atoms with Gasteiger partial charge in [0.1, 0.15) is 0 Å². The van der Waals surface area contributed by atoms with Crippen LogP contribution in [0.3, 0.4) is 0 Å². The smallest absolute Gasteiger partial charge is 0.230 e. The van der Waals surface area contributed by atoms with Crippen LogP contribution >= 0.6 is 0 Å². The SMILES string of the molecule is NCCO[C@@H]1C[C@H](O)C12CCN(C(=O)C1(Cn3ccnc3)CC1)CC2. The fraction of sp³-hybridized carbons (Fsp3) is 0.778. The van der Waals surface area contributed by atoms with Gasteiger partial charge in [0.15, 0.2) is 0 Å². The van der Waals surface area contributed by atoms with Crippen molar-refractivity contribution in [3.63, 3.8) is 0 Å². The zero-order valence-electron chi connectivity index (χ0n) is 14.6. The number of carbonyl (C=O) groups is 1. The minimum absolute atomic E-state index is 0.0872. The number of ether oxygens (including phenoxy) is 1. The van der Waals surface area contributed by atoms with Crippen LogP contribution in [0.2, 0.25) is 0 Å². The number of nitrogens with zero attached hydrogens (tertiary/aromatic N) is 3. The Morgan fingerprint density at radius 3 is 2.64 bits per heavy atom. The summed E-state index contributed by atoms with van der Waals surface area (Å²) in [5.41, 5.74) is 5.12. The number of likely N-dealkylation sites (tertiary alicyclic amines) is 1. The minimum Gasteiger partial charge on any atom is -0.392 e. The van der Waals surface area contributed by atoms with Gasteiger partial charge in [-0.3, -0.25) is 4.79 Å². The largest absolute Gasteiger partial charge is 0.392 e. The van der Waals surface area contributed by atoms with E-state index in [1.165, 1.54) is 0 Å². The van der Waals surface area contributed by atoms with Gasteiger partial charge in [-0.25, -0.2) is 4.98 Å². The molecule has 4 rings (SSSR count). The molecule has 7 heteroatoms. The maximum Gasteiger partial charge on any atom is 0.230 e. The molecule has 25 heavy (non-hydrogen) atoms. The number of aliphatic hydroxyl groups is 1. The number of aromatic nitrogens is 2. The third-order valence-electron chi connectivity index (χ3n) is 6.51. The molecule has 1 spiro atoms. The molecule has 0 bridgehead atoms. The number of aliphatic hydroxyl groups excluding tert-OH is 1. The van der Waals surface area contributed by atoms with Crippen molar-refractivity contribution in [3.8, 4) is 0 Å². The normalized spacial score (nSPS) is 29.4. The molecule has 0 radical (unpaired) electrons. The summed E-state index contributed by atoms with van der Waals surface area (Å²) in [7, 11) is 0. The van der Waals surface area contributed by atoms with E-state index in [0.717, 1.165) is 32.2 Å². The van der Waals surface area contributed by atoms with E-state index in [1.54, 1.807) is 12.5 Å². The molecule has 1 amide bonds. The van der Waals surface area contributed by atoms with E-state index in [0.29, 0.717) is 32.7 Å². The third kappa shape index (κ3) is 2.88. The van der Waals surface area contributed by atoms with Gasteiger partial charge in [0.05, 0.1) is 30.6 Å². The molecule has 1 saturated heterocycles. The van der Waals surface area contributed by atoms with Crippen LogP contribution in [0.25, 0.3) is 0 Å². The number of imidazole rings is 1. The predicted molar refractivity (Wildman–Crippen MR) is 91.6 cm³/mol. The Hall–Kier alpha value is -1.44. The Balaban J connectivity index is 1.36. The Morgan fingerprint density at radius 1 is 1.32 bits per heavy atom. The minimum atomic E-state index is -0.312. The summed E-state index contributed by atoms with van der Waals surface area (Å²) in [5.74, 6) is 0.268. The number of hydrogen-bond donors (Lipinski definition) is 2. The van der Waals surface area contributed by atoms with E-state index < -0.39 is 0 Å². The van der Waals surface area contributed by atoms with Crippen LogP contribution in [0, 0.1) is 10.8 Å². The average Bonchev–Trinajstić information content (AvgIpc) is 3.23. The summed E-state index contributed by atoms with van der Waals surface area (Å²) in [6.45, 7) is 3.19. The Kier molecular flexibility index (Phi) is 4.33. The number of hydrogen-bond acceptors (Lipinski definition) is 5. The summed E-state index contributed by atoms with van der Waals surface area (Å²) in [5, 5.41) is 10.3. The van der Waals surface area contributed by atoms with Crippen molar-refractivity contribution in [2.24, 2.45) is 16.6 Å². The molecule has 0 unspecified atom stereocenters. The summed E-state index contributed by atoms with van der Waals surface area (Å²) >= 11 is 0. The van der Waals surface area contributed by atoms with Gasteiger partial charge in [0.2, 0.25) is 5.91 Å². The van der Waals surface area contributed by atoms with Crippen molar-refractivity contribution in [1.82, 2.24) is 14.5 Å². The molecule has 3 fully saturated rings. The predicted octanol–water partition coefficient (Wildman–Crippen LogP) is 0.381. The summed E-state index contributed by atoms with van der Waals surface area (Å²) in [6, 6.07) is 0. The van der Waals surface area contributed by atoms with Crippen molar-refractivity contribution in [2.45, 2.75) is 50.9 Å². The molecule has 1 aliphatic heterocycles. The summed E-state index contributed by atoms with van der Waals surface area (Å²) in [6.07, 6.45) is 9.46. The fourth-order valence-corrected chi connectivity index (χ4v) is 4.61. The highest BCUT2D eigenvalue weighted by atomic mass is 16.5. The zero-order chi connectivity index (χ0) is 17.5. The van der Waals surface area contributed by atoms with E-state index in [2.05, 4.69) is 4.98 Å².